The lowest BCUT2D eigenvalue weighted by Crippen LogP contribution is -2.42. The molecule has 6 nitrogen and oxygen atoms in total. The fraction of sp³-hybridized carbons (Fsp3) is 0.308. The smallest absolute Gasteiger partial charge is 0.407 e. The summed E-state index contributed by atoms with van der Waals surface area (Å²) in [6.45, 7) is 0.320. The third-order valence-electron chi connectivity index (χ3n) is 3.16. The van der Waals surface area contributed by atoms with Gasteiger partial charge in [0.2, 0.25) is 5.91 Å². The summed E-state index contributed by atoms with van der Waals surface area (Å²) in [5.74, 6) is -1.14. The topological polar surface area (TPSA) is 93.4 Å². The monoisotopic (exact) mass is 277 g/mol. The molecule has 1 atom stereocenters. The average Bonchev–Trinajstić information content (AvgIpc) is 2.90. The Labute approximate surface area is 114 Å². The molecule has 2 amide bonds. The maximum absolute atomic E-state index is 13.2. The third-order valence-corrected chi connectivity index (χ3v) is 3.16. The number of nitrogens with one attached hydrogen (secondary N) is 1. The zero-order chi connectivity index (χ0) is 14.7. The van der Waals surface area contributed by atoms with Crippen molar-refractivity contribution in [1.29, 1.82) is 5.26 Å². The predicted molar refractivity (Wildman–Crippen MR) is 67.5 cm³/mol. The van der Waals surface area contributed by atoms with Gasteiger partial charge >= 0.3 is 6.09 Å². The van der Waals surface area contributed by atoms with Crippen LogP contribution in [0.25, 0.3) is 0 Å². The van der Waals surface area contributed by atoms with Gasteiger partial charge in [-0.15, -0.1) is 0 Å². The highest BCUT2D eigenvalue weighted by molar-refractivity contribution is 5.96. The summed E-state index contributed by atoms with van der Waals surface area (Å²) in [7, 11) is 0. The van der Waals surface area contributed by atoms with Crippen LogP contribution in [0.15, 0.2) is 18.2 Å². The highest BCUT2D eigenvalue weighted by Gasteiger charge is 2.34. The van der Waals surface area contributed by atoms with Gasteiger partial charge in [-0.3, -0.25) is 9.69 Å². The van der Waals surface area contributed by atoms with Gasteiger partial charge in [0.25, 0.3) is 0 Å². The maximum atomic E-state index is 13.2. The zero-order valence-electron chi connectivity index (χ0n) is 10.5. The van der Waals surface area contributed by atoms with E-state index in [9.17, 15) is 14.0 Å². The Balaban J connectivity index is 2.12. The number of carboxylic acid groups (broad SMARTS) is 1. The molecule has 2 rings (SSSR count). The number of benzene rings is 1. The number of hydrogen-bond donors (Lipinski definition) is 2. The largest absolute Gasteiger partial charge is 0.465 e. The molecule has 7 heteroatoms. The summed E-state index contributed by atoms with van der Waals surface area (Å²) in [6.07, 6.45) is -0.0683. The number of amides is 2. The molecule has 2 N–H and O–H groups in total. The average molecular weight is 277 g/mol. The van der Waals surface area contributed by atoms with Gasteiger partial charge in [-0.1, -0.05) is 0 Å². The van der Waals surface area contributed by atoms with E-state index in [4.69, 9.17) is 10.4 Å². The van der Waals surface area contributed by atoms with E-state index in [0.717, 1.165) is 11.0 Å². The maximum Gasteiger partial charge on any atom is 0.407 e. The van der Waals surface area contributed by atoms with Gasteiger partial charge in [-0.2, -0.15) is 5.26 Å². The van der Waals surface area contributed by atoms with Crippen LogP contribution >= 0.6 is 0 Å². The number of rotatable bonds is 2. The predicted octanol–water partition coefficient (Wildman–Crippen LogP) is 1.78. The van der Waals surface area contributed by atoms with Crippen LogP contribution in [0.3, 0.4) is 0 Å². The molecule has 0 spiro atoms. The minimum atomic E-state index is -1.14. The van der Waals surface area contributed by atoms with Crippen molar-refractivity contribution in [3.05, 3.63) is 29.6 Å². The molecular weight excluding hydrogens is 265 g/mol. The van der Waals surface area contributed by atoms with E-state index in [1.165, 1.54) is 12.1 Å². The van der Waals surface area contributed by atoms with E-state index < -0.39 is 23.9 Å². The molecule has 1 unspecified atom stereocenters. The molecule has 104 valence electrons. The molecule has 0 radical (unpaired) electrons. The van der Waals surface area contributed by atoms with Gasteiger partial charge in [0.05, 0.1) is 5.56 Å². The standard InChI is InChI=1S/C13H12FN3O3/c14-10-4-3-9(6-8(10)7-15)16-12(18)11-2-1-5-17(11)13(19)20/h3-4,6,11H,1-2,5H2,(H,16,18)(H,19,20). The van der Waals surface area contributed by atoms with Gasteiger partial charge in [0.1, 0.15) is 17.9 Å². The van der Waals surface area contributed by atoms with Crippen molar-refractivity contribution < 1.29 is 19.1 Å². The molecule has 1 aliphatic heterocycles. The van der Waals surface area contributed by atoms with Crippen molar-refractivity contribution >= 4 is 17.7 Å². The minimum absolute atomic E-state index is 0.177. The first kappa shape index (κ1) is 13.8. The highest BCUT2D eigenvalue weighted by Crippen LogP contribution is 2.20. The van der Waals surface area contributed by atoms with E-state index in [1.54, 1.807) is 6.07 Å². The fourth-order valence-corrected chi connectivity index (χ4v) is 2.18. The summed E-state index contributed by atoms with van der Waals surface area (Å²) in [4.78, 5) is 24.1. The molecular formula is C13H12FN3O3. The Morgan fingerprint density at radius 1 is 1.50 bits per heavy atom. The van der Waals surface area contributed by atoms with E-state index in [-0.39, 0.29) is 11.3 Å². The Kier molecular flexibility index (Phi) is 3.84. The van der Waals surface area contributed by atoms with E-state index in [2.05, 4.69) is 5.32 Å². The normalized spacial score (nSPS) is 17.6. The molecule has 0 bridgehead atoms. The Morgan fingerprint density at radius 3 is 2.90 bits per heavy atom. The van der Waals surface area contributed by atoms with Crippen LogP contribution in [-0.4, -0.2) is 34.6 Å². The van der Waals surface area contributed by atoms with Crippen molar-refractivity contribution in [2.24, 2.45) is 0 Å². The number of nitrogens with zero attached hydrogens (tertiary/aromatic N) is 2. The minimum Gasteiger partial charge on any atom is -0.465 e. The summed E-state index contributed by atoms with van der Waals surface area (Å²) in [5, 5.41) is 20.2. The molecule has 0 aliphatic carbocycles. The van der Waals surface area contributed by atoms with Crippen LogP contribution in [0, 0.1) is 17.1 Å². The molecule has 1 saturated heterocycles. The van der Waals surface area contributed by atoms with Gasteiger partial charge in [-0.25, -0.2) is 9.18 Å². The second-order valence-electron chi connectivity index (χ2n) is 4.43. The third kappa shape index (κ3) is 2.69. The molecule has 1 heterocycles. The van der Waals surface area contributed by atoms with Crippen molar-refractivity contribution in [2.75, 3.05) is 11.9 Å². The quantitative estimate of drug-likeness (QED) is 0.861. The molecule has 0 aromatic heterocycles. The number of halogens is 1. The molecule has 1 aliphatic rings. The first-order valence-corrected chi connectivity index (χ1v) is 6.03. The lowest BCUT2D eigenvalue weighted by atomic mass is 10.1. The van der Waals surface area contributed by atoms with Crippen LogP contribution in [-0.2, 0) is 4.79 Å². The number of likely N-dealkylation sites (tertiary alicyclic amines) is 1. The second-order valence-corrected chi connectivity index (χ2v) is 4.43. The molecule has 1 aromatic carbocycles. The van der Waals surface area contributed by atoms with Crippen molar-refractivity contribution in [2.45, 2.75) is 18.9 Å². The summed E-state index contributed by atoms with van der Waals surface area (Å²) < 4.78 is 13.2. The zero-order valence-corrected chi connectivity index (χ0v) is 10.5. The Bertz CT molecular complexity index is 597. The summed E-state index contributed by atoms with van der Waals surface area (Å²) in [6, 6.07) is 4.55. The molecule has 20 heavy (non-hydrogen) atoms. The van der Waals surface area contributed by atoms with Crippen molar-refractivity contribution in [1.82, 2.24) is 4.90 Å². The molecule has 1 fully saturated rings. The van der Waals surface area contributed by atoms with Crippen LogP contribution in [0.4, 0.5) is 14.9 Å². The van der Waals surface area contributed by atoms with Gasteiger partial charge < -0.3 is 10.4 Å². The summed E-state index contributed by atoms with van der Waals surface area (Å²) >= 11 is 0. The number of nitriles is 1. The van der Waals surface area contributed by atoms with E-state index in [0.29, 0.717) is 19.4 Å². The Hall–Kier alpha value is -2.62. The summed E-state index contributed by atoms with van der Waals surface area (Å²) in [5.41, 5.74) is 0.0921. The van der Waals surface area contributed by atoms with Crippen LogP contribution < -0.4 is 5.32 Å². The fourth-order valence-electron chi connectivity index (χ4n) is 2.18. The highest BCUT2D eigenvalue weighted by atomic mass is 19.1. The van der Waals surface area contributed by atoms with Crippen LogP contribution in [0.2, 0.25) is 0 Å². The second kappa shape index (κ2) is 5.57. The van der Waals surface area contributed by atoms with Gasteiger partial charge in [-0.05, 0) is 31.0 Å². The molecule has 0 saturated carbocycles. The molecule has 1 aromatic rings. The first-order valence-electron chi connectivity index (χ1n) is 6.03. The van der Waals surface area contributed by atoms with Crippen LogP contribution in [0.1, 0.15) is 18.4 Å². The SMILES string of the molecule is N#Cc1cc(NC(=O)C2CCCN2C(=O)O)ccc1F. The number of hydrogen-bond acceptors (Lipinski definition) is 3. The lowest BCUT2D eigenvalue weighted by Gasteiger charge is -2.20. The van der Waals surface area contributed by atoms with Gasteiger partial charge in [0.15, 0.2) is 0 Å². The number of anilines is 1. The lowest BCUT2D eigenvalue weighted by molar-refractivity contribution is -0.119. The van der Waals surface area contributed by atoms with Crippen molar-refractivity contribution in [3.8, 4) is 6.07 Å². The number of carbonyl (C=O) groups excluding carboxylic acids is 1. The first-order chi connectivity index (χ1) is 9.52. The number of carbonyl (C=O) groups is 2. The van der Waals surface area contributed by atoms with E-state index >= 15 is 0 Å². The van der Waals surface area contributed by atoms with E-state index in [1.807, 2.05) is 0 Å². The Morgan fingerprint density at radius 2 is 2.25 bits per heavy atom. The van der Waals surface area contributed by atoms with Crippen LogP contribution in [0.5, 0.6) is 0 Å². The van der Waals surface area contributed by atoms with Crippen molar-refractivity contribution in [3.63, 3.8) is 0 Å². The van der Waals surface area contributed by atoms with Gasteiger partial charge in [0, 0.05) is 12.2 Å².